The van der Waals surface area contributed by atoms with E-state index in [1.807, 2.05) is 41.5 Å². The number of nitrogens with two attached hydrogens (primary N) is 2. The first-order valence-electron chi connectivity index (χ1n) is 13.2. The van der Waals surface area contributed by atoms with Gasteiger partial charge in [0.05, 0.1) is 5.92 Å². The van der Waals surface area contributed by atoms with Crippen LogP contribution in [0.3, 0.4) is 0 Å². The van der Waals surface area contributed by atoms with Crippen LogP contribution in [0.1, 0.15) is 155 Å². The van der Waals surface area contributed by atoms with Crippen LogP contribution in [0.5, 0.6) is 0 Å². The number of carboxylic acids is 3. The summed E-state index contributed by atoms with van der Waals surface area (Å²) in [5, 5.41) is 24.7. The molecule has 0 unspecified atom stereocenters. The van der Waals surface area contributed by atoms with Gasteiger partial charge >= 0.3 is 17.9 Å². The van der Waals surface area contributed by atoms with Crippen molar-refractivity contribution in [2.24, 2.45) is 17.4 Å². The fourth-order valence-electron chi connectivity index (χ4n) is 2.23. The van der Waals surface area contributed by atoms with Crippen LogP contribution in [0.25, 0.3) is 0 Å². The highest BCUT2D eigenvalue weighted by atomic mass is 16.4. The molecule has 0 aromatic heterocycles. The minimum atomic E-state index is -0.682. The normalized spacial score (nSPS) is 8.49. The molecule has 268 valence electrons. The summed E-state index contributed by atoms with van der Waals surface area (Å²) in [7, 11) is 3.00. The Morgan fingerprint density at radius 2 is 0.805 bits per heavy atom. The fraction of sp³-hybridized carbons (Fsp3) is 0.897. The fourth-order valence-corrected chi connectivity index (χ4v) is 2.23. The van der Waals surface area contributed by atoms with Gasteiger partial charge in [-0.05, 0) is 39.8 Å². The molecule has 1 saturated carbocycles. The number of carboxylic acid groups (broad SMARTS) is 3. The van der Waals surface area contributed by atoms with E-state index in [9.17, 15) is 14.4 Å². The Balaban J connectivity index is -0.0000000179. The van der Waals surface area contributed by atoms with Gasteiger partial charge in [-0.15, -0.1) is 0 Å². The van der Waals surface area contributed by atoms with Crippen molar-refractivity contribution in [1.29, 1.82) is 0 Å². The van der Waals surface area contributed by atoms with Crippen molar-refractivity contribution in [3.05, 3.63) is 0 Å². The molecule has 0 amide bonds. The molecule has 12 heteroatoms. The maximum Gasteiger partial charge on any atom is 0.306 e. The van der Waals surface area contributed by atoms with E-state index in [-0.39, 0.29) is 50.8 Å². The van der Waals surface area contributed by atoms with Gasteiger partial charge < -0.3 is 49.4 Å². The van der Waals surface area contributed by atoms with E-state index in [4.69, 9.17) is 15.3 Å². The number of hydrogen-bond donors (Lipinski definition) is 6. The second-order valence-corrected chi connectivity index (χ2v) is 6.02. The summed E-state index contributed by atoms with van der Waals surface area (Å²) in [4.78, 5) is 29.9. The molecule has 1 aliphatic carbocycles. The van der Waals surface area contributed by atoms with Crippen molar-refractivity contribution in [3.63, 3.8) is 0 Å². The molecule has 16 N–H and O–H groups in total. The molecule has 0 aliphatic heterocycles. The first kappa shape index (κ1) is 90.1. The molecule has 12 nitrogen and oxygen atoms in total. The number of carbonyl (C=O) groups is 3. The van der Waals surface area contributed by atoms with Crippen molar-refractivity contribution in [1.82, 2.24) is 6.15 Å². The lowest BCUT2D eigenvalue weighted by molar-refractivity contribution is -0.141. The predicted octanol–water partition coefficient (Wildman–Crippen LogP) is 6.39. The maximum atomic E-state index is 10.2. The van der Waals surface area contributed by atoms with Crippen molar-refractivity contribution < 1.29 is 46.1 Å². The smallest absolute Gasteiger partial charge is 0.306 e. The Morgan fingerprint density at radius 3 is 0.927 bits per heavy atom. The second kappa shape index (κ2) is 107. The third-order valence-electron chi connectivity index (χ3n) is 3.69. The highest BCUT2D eigenvalue weighted by Gasteiger charge is 2.21. The van der Waals surface area contributed by atoms with Crippen LogP contribution < -0.4 is 17.6 Å². The van der Waals surface area contributed by atoms with E-state index < -0.39 is 17.9 Å². The lowest BCUT2D eigenvalue weighted by atomic mass is 10.1. The molecule has 0 heterocycles. The SMILES string of the molecule is C.C.C.CC.CC.CC.CCCCCC(=O)O.CCCCCC(=O)O.CN.CN.N.O.O.O.O=C(O)C1CCCC1. The van der Waals surface area contributed by atoms with Crippen LogP contribution in [-0.4, -0.2) is 63.8 Å². The maximum absolute atomic E-state index is 10.2. The average Bonchev–Trinajstić information content (AvgIpc) is 3.42. The quantitative estimate of drug-likeness (QED) is 0.156. The lowest BCUT2D eigenvalue weighted by Crippen LogP contribution is -2.07. The highest BCUT2D eigenvalue weighted by Crippen LogP contribution is 2.24. The summed E-state index contributed by atoms with van der Waals surface area (Å²) >= 11 is 0. The minimum absolute atomic E-state index is 0. The van der Waals surface area contributed by atoms with E-state index in [0.29, 0.717) is 12.8 Å². The zero-order valence-corrected chi connectivity index (χ0v) is 26.5. The van der Waals surface area contributed by atoms with E-state index in [2.05, 4.69) is 25.3 Å². The Hall–Kier alpha value is -1.83. The van der Waals surface area contributed by atoms with Crippen LogP contribution in [0.2, 0.25) is 0 Å². The average molecular weight is 618 g/mol. The van der Waals surface area contributed by atoms with Crippen molar-refractivity contribution >= 4 is 17.9 Å². The molecule has 0 bridgehead atoms. The summed E-state index contributed by atoms with van der Waals surface area (Å²) in [6.45, 7) is 16.1. The van der Waals surface area contributed by atoms with E-state index in [0.717, 1.165) is 64.2 Å². The van der Waals surface area contributed by atoms with E-state index >= 15 is 0 Å². The van der Waals surface area contributed by atoms with Crippen LogP contribution in [0.4, 0.5) is 0 Å². The van der Waals surface area contributed by atoms with Crippen molar-refractivity contribution in [2.45, 2.75) is 155 Å². The zero-order valence-electron chi connectivity index (χ0n) is 26.5. The monoisotopic (exact) mass is 618 g/mol. The standard InChI is InChI=1S/C6H10O2.2C6H12O2.3C2H6.2CH5N.3CH4.H3N.3H2O/c7-6(8)5-3-1-2-4-5;2*1-2-3-4-5-6(7)8;5*1-2;;;;;;;/h5H,1-4H2,(H,7,8);2*2-5H2,1H3,(H,7,8);3*1-2H3;2*2H2,1H3;3*1H4;1H3;3*1H2. The summed E-state index contributed by atoms with van der Waals surface area (Å²) < 4.78 is 0. The first-order chi connectivity index (χ1) is 16.3. The van der Waals surface area contributed by atoms with Gasteiger partial charge in [0.1, 0.15) is 0 Å². The summed E-state index contributed by atoms with van der Waals surface area (Å²) in [6.07, 6.45) is 10.6. The van der Waals surface area contributed by atoms with Crippen molar-refractivity contribution in [2.75, 3.05) is 14.1 Å². The molecule has 1 aliphatic rings. The molecule has 0 atom stereocenters. The number of rotatable bonds is 9. The van der Waals surface area contributed by atoms with Gasteiger partial charge in [0.25, 0.3) is 0 Å². The van der Waals surface area contributed by atoms with E-state index in [1.165, 1.54) is 14.1 Å². The van der Waals surface area contributed by atoms with Crippen LogP contribution >= 0.6 is 0 Å². The van der Waals surface area contributed by atoms with Gasteiger partial charge in [-0.3, -0.25) is 14.4 Å². The molecular weight excluding hydrogens is 534 g/mol. The van der Waals surface area contributed by atoms with E-state index in [1.54, 1.807) is 0 Å². The molecule has 0 spiro atoms. The highest BCUT2D eigenvalue weighted by molar-refractivity contribution is 5.70. The molecule has 0 aromatic carbocycles. The Morgan fingerprint density at radius 1 is 0.585 bits per heavy atom. The Kier molecular flexibility index (Phi) is 236. The molecule has 0 radical (unpaired) electrons. The minimum Gasteiger partial charge on any atom is -0.481 e. The topological polar surface area (TPSA) is 293 Å². The largest absolute Gasteiger partial charge is 0.481 e. The van der Waals surface area contributed by atoms with Gasteiger partial charge in [-0.25, -0.2) is 0 Å². The molecule has 1 fully saturated rings. The van der Waals surface area contributed by atoms with Gasteiger partial charge in [-0.2, -0.15) is 0 Å². The van der Waals surface area contributed by atoms with Crippen molar-refractivity contribution in [3.8, 4) is 0 Å². The summed E-state index contributed by atoms with van der Waals surface area (Å²) in [5.74, 6) is -1.99. The van der Waals surface area contributed by atoms with Crippen LogP contribution in [0, 0.1) is 5.92 Å². The third-order valence-corrected chi connectivity index (χ3v) is 3.69. The Labute approximate surface area is 256 Å². The summed E-state index contributed by atoms with van der Waals surface area (Å²) in [5.41, 5.74) is 9.00. The number of hydrogen-bond acceptors (Lipinski definition) is 6. The van der Waals surface area contributed by atoms with Gasteiger partial charge in [0, 0.05) is 12.8 Å². The van der Waals surface area contributed by atoms with Gasteiger partial charge in [0.15, 0.2) is 0 Å². The van der Waals surface area contributed by atoms with Gasteiger partial charge in [-0.1, -0.05) is 116 Å². The molecule has 41 heavy (non-hydrogen) atoms. The zero-order chi connectivity index (χ0) is 28.8. The molecule has 0 saturated heterocycles. The predicted molar refractivity (Wildman–Crippen MR) is 183 cm³/mol. The van der Waals surface area contributed by atoms with Crippen LogP contribution in [0.15, 0.2) is 0 Å². The lowest BCUT2D eigenvalue weighted by Gasteiger charge is -1.97. The third kappa shape index (κ3) is 136. The molecule has 0 aromatic rings. The summed E-state index contributed by atoms with van der Waals surface area (Å²) in [6, 6.07) is 0. The van der Waals surface area contributed by atoms with Crippen LogP contribution in [-0.2, 0) is 14.4 Å². The van der Waals surface area contributed by atoms with Gasteiger partial charge in [0.2, 0.25) is 0 Å². The second-order valence-electron chi connectivity index (χ2n) is 6.02. The first-order valence-corrected chi connectivity index (χ1v) is 13.2. The molecule has 1 rings (SSSR count). The molecular formula is C29H83N3O9. The number of aliphatic carboxylic acids is 3. The number of unbranched alkanes of at least 4 members (excludes halogenated alkanes) is 4. The Bertz CT molecular complexity index is 340.